The number of fused-ring (bicyclic) bond motifs is 1. The first-order valence-corrected chi connectivity index (χ1v) is 7.30. The molecule has 1 aliphatic rings. The second-order valence-corrected chi connectivity index (χ2v) is 5.63. The first kappa shape index (κ1) is 13.8. The Bertz CT molecular complexity index is 639. The summed E-state index contributed by atoms with van der Waals surface area (Å²) in [6, 6.07) is 15.6. The molecular formula is C18H19NO2. The van der Waals surface area contributed by atoms with Crippen molar-refractivity contribution in [1.82, 2.24) is 0 Å². The minimum atomic E-state index is -0.595. The Kier molecular flexibility index (Phi) is 3.76. The van der Waals surface area contributed by atoms with E-state index in [9.17, 15) is 9.90 Å². The van der Waals surface area contributed by atoms with Crippen LogP contribution in [-0.2, 0) is 17.6 Å². The van der Waals surface area contributed by atoms with E-state index in [1.54, 1.807) is 6.92 Å². The van der Waals surface area contributed by atoms with Gasteiger partial charge in [0.05, 0.1) is 6.10 Å². The zero-order valence-corrected chi connectivity index (χ0v) is 12.0. The van der Waals surface area contributed by atoms with Crippen LogP contribution in [0.3, 0.4) is 0 Å². The number of aliphatic hydroxyl groups excluding tert-OH is 1. The Labute approximate surface area is 124 Å². The van der Waals surface area contributed by atoms with Crippen LogP contribution in [0.2, 0.25) is 0 Å². The molecule has 3 rings (SSSR count). The maximum atomic E-state index is 12.5. The molecule has 2 N–H and O–H groups in total. The van der Waals surface area contributed by atoms with Gasteiger partial charge in [-0.1, -0.05) is 42.5 Å². The van der Waals surface area contributed by atoms with Gasteiger partial charge in [-0.15, -0.1) is 0 Å². The third-order valence-corrected chi connectivity index (χ3v) is 4.09. The first-order chi connectivity index (χ1) is 10.1. The van der Waals surface area contributed by atoms with Crippen molar-refractivity contribution in [3.05, 3.63) is 65.2 Å². The SMILES string of the molecule is CC(O)c1ccccc1NC(=O)C1Cc2ccccc2C1. The van der Waals surface area contributed by atoms with E-state index in [-0.39, 0.29) is 11.8 Å². The van der Waals surface area contributed by atoms with Crippen molar-refractivity contribution in [2.24, 2.45) is 5.92 Å². The van der Waals surface area contributed by atoms with Crippen LogP contribution in [0.4, 0.5) is 5.69 Å². The Morgan fingerprint density at radius 3 is 2.29 bits per heavy atom. The van der Waals surface area contributed by atoms with Crippen molar-refractivity contribution in [3.8, 4) is 0 Å². The number of nitrogens with one attached hydrogen (secondary N) is 1. The van der Waals surface area contributed by atoms with Crippen molar-refractivity contribution in [2.75, 3.05) is 5.32 Å². The summed E-state index contributed by atoms with van der Waals surface area (Å²) >= 11 is 0. The predicted molar refractivity (Wildman–Crippen MR) is 83.0 cm³/mol. The summed E-state index contributed by atoms with van der Waals surface area (Å²) in [4.78, 5) is 12.5. The Morgan fingerprint density at radius 1 is 1.10 bits per heavy atom. The second kappa shape index (κ2) is 5.70. The lowest BCUT2D eigenvalue weighted by Gasteiger charge is -2.15. The molecule has 3 heteroatoms. The normalized spacial score (nSPS) is 15.5. The number of amides is 1. The van der Waals surface area contributed by atoms with Gasteiger partial charge in [-0.25, -0.2) is 0 Å². The Hall–Kier alpha value is -2.13. The van der Waals surface area contributed by atoms with Crippen LogP contribution in [0.5, 0.6) is 0 Å². The predicted octanol–water partition coefficient (Wildman–Crippen LogP) is 3.09. The molecule has 1 amide bonds. The van der Waals surface area contributed by atoms with Crippen LogP contribution in [0.25, 0.3) is 0 Å². The molecule has 0 bridgehead atoms. The first-order valence-electron chi connectivity index (χ1n) is 7.30. The third-order valence-electron chi connectivity index (χ3n) is 4.09. The molecule has 0 saturated carbocycles. The van der Waals surface area contributed by atoms with Crippen molar-refractivity contribution in [3.63, 3.8) is 0 Å². The highest BCUT2D eigenvalue weighted by atomic mass is 16.3. The quantitative estimate of drug-likeness (QED) is 0.908. The van der Waals surface area contributed by atoms with Crippen molar-refractivity contribution >= 4 is 11.6 Å². The van der Waals surface area contributed by atoms with Crippen LogP contribution < -0.4 is 5.32 Å². The van der Waals surface area contributed by atoms with E-state index in [2.05, 4.69) is 17.4 Å². The minimum Gasteiger partial charge on any atom is -0.389 e. The Balaban J connectivity index is 1.74. The van der Waals surface area contributed by atoms with Crippen molar-refractivity contribution in [2.45, 2.75) is 25.9 Å². The molecule has 0 heterocycles. The van der Waals surface area contributed by atoms with Gasteiger partial charge in [-0.3, -0.25) is 4.79 Å². The fourth-order valence-electron chi connectivity index (χ4n) is 2.95. The molecule has 0 fully saturated rings. The lowest BCUT2D eigenvalue weighted by molar-refractivity contribution is -0.119. The molecule has 2 aromatic rings. The van der Waals surface area contributed by atoms with E-state index in [0.717, 1.165) is 18.4 Å². The van der Waals surface area contributed by atoms with E-state index in [4.69, 9.17) is 0 Å². The van der Waals surface area contributed by atoms with Crippen molar-refractivity contribution in [1.29, 1.82) is 0 Å². The molecule has 0 radical (unpaired) electrons. The summed E-state index contributed by atoms with van der Waals surface area (Å²) in [6.45, 7) is 1.70. The monoisotopic (exact) mass is 281 g/mol. The van der Waals surface area contributed by atoms with Crippen LogP contribution in [0.1, 0.15) is 29.7 Å². The third kappa shape index (κ3) is 2.83. The average molecular weight is 281 g/mol. The summed E-state index contributed by atoms with van der Waals surface area (Å²) in [7, 11) is 0. The molecule has 0 aliphatic heterocycles. The molecule has 2 aromatic carbocycles. The molecule has 0 saturated heterocycles. The van der Waals surface area contributed by atoms with Gasteiger partial charge in [0.2, 0.25) is 5.91 Å². The summed E-state index contributed by atoms with van der Waals surface area (Å²) in [5.41, 5.74) is 3.98. The molecule has 1 aliphatic carbocycles. The fraction of sp³-hybridized carbons (Fsp3) is 0.278. The summed E-state index contributed by atoms with van der Waals surface area (Å²) in [5.74, 6) is 0.00348. The minimum absolute atomic E-state index is 0.0237. The number of rotatable bonds is 3. The lowest BCUT2D eigenvalue weighted by Crippen LogP contribution is -2.24. The zero-order chi connectivity index (χ0) is 14.8. The number of carbonyl (C=O) groups is 1. The lowest BCUT2D eigenvalue weighted by atomic mass is 10.0. The molecule has 3 nitrogen and oxygen atoms in total. The van der Waals surface area contributed by atoms with E-state index in [0.29, 0.717) is 5.69 Å². The average Bonchev–Trinajstić information content (AvgIpc) is 2.91. The van der Waals surface area contributed by atoms with Gasteiger partial charge in [0.15, 0.2) is 0 Å². The summed E-state index contributed by atoms with van der Waals surface area (Å²) in [5, 5.41) is 12.7. The molecule has 108 valence electrons. The smallest absolute Gasteiger partial charge is 0.228 e. The van der Waals surface area contributed by atoms with Crippen LogP contribution >= 0.6 is 0 Å². The highest BCUT2D eigenvalue weighted by Crippen LogP contribution is 2.29. The number of para-hydroxylation sites is 1. The number of aliphatic hydroxyl groups is 1. The maximum Gasteiger partial charge on any atom is 0.228 e. The van der Waals surface area contributed by atoms with Gasteiger partial charge in [-0.05, 0) is 37.0 Å². The van der Waals surface area contributed by atoms with E-state index < -0.39 is 6.10 Å². The number of anilines is 1. The van der Waals surface area contributed by atoms with E-state index in [1.165, 1.54) is 11.1 Å². The van der Waals surface area contributed by atoms with Gasteiger partial charge in [0.25, 0.3) is 0 Å². The largest absolute Gasteiger partial charge is 0.389 e. The van der Waals surface area contributed by atoms with Gasteiger partial charge in [0.1, 0.15) is 0 Å². The van der Waals surface area contributed by atoms with Crippen LogP contribution in [0.15, 0.2) is 48.5 Å². The highest BCUT2D eigenvalue weighted by molar-refractivity contribution is 5.94. The van der Waals surface area contributed by atoms with E-state index >= 15 is 0 Å². The maximum absolute atomic E-state index is 12.5. The van der Waals surface area contributed by atoms with Gasteiger partial charge in [-0.2, -0.15) is 0 Å². The summed E-state index contributed by atoms with van der Waals surface area (Å²) in [6.07, 6.45) is 0.986. The number of benzene rings is 2. The van der Waals surface area contributed by atoms with Crippen LogP contribution in [0, 0.1) is 5.92 Å². The molecule has 1 unspecified atom stereocenters. The summed E-state index contributed by atoms with van der Waals surface area (Å²) < 4.78 is 0. The number of hydrogen-bond acceptors (Lipinski definition) is 2. The van der Waals surface area contributed by atoms with Gasteiger partial charge in [0, 0.05) is 17.2 Å². The number of hydrogen-bond donors (Lipinski definition) is 2. The van der Waals surface area contributed by atoms with Crippen LogP contribution in [-0.4, -0.2) is 11.0 Å². The second-order valence-electron chi connectivity index (χ2n) is 5.63. The molecular weight excluding hydrogens is 262 g/mol. The molecule has 0 aromatic heterocycles. The zero-order valence-electron chi connectivity index (χ0n) is 12.0. The fourth-order valence-corrected chi connectivity index (χ4v) is 2.95. The van der Waals surface area contributed by atoms with Gasteiger partial charge < -0.3 is 10.4 Å². The molecule has 1 atom stereocenters. The standard InChI is InChI=1S/C18H19NO2/c1-12(20)16-8-4-5-9-17(16)19-18(21)15-10-13-6-2-3-7-14(13)11-15/h2-9,12,15,20H,10-11H2,1H3,(H,19,21). The van der Waals surface area contributed by atoms with Gasteiger partial charge >= 0.3 is 0 Å². The molecule has 21 heavy (non-hydrogen) atoms. The highest BCUT2D eigenvalue weighted by Gasteiger charge is 2.27. The Morgan fingerprint density at radius 2 is 1.67 bits per heavy atom. The van der Waals surface area contributed by atoms with E-state index in [1.807, 2.05) is 36.4 Å². The number of carbonyl (C=O) groups excluding carboxylic acids is 1. The molecule has 0 spiro atoms. The topological polar surface area (TPSA) is 49.3 Å². The van der Waals surface area contributed by atoms with Crippen molar-refractivity contribution < 1.29 is 9.90 Å².